The molecule has 29 heavy (non-hydrogen) atoms. The maximum atomic E-state index is 12.8. The Morgan fingerprint density at radius 1 is 1.07 bits per heavy atom. The third kappa shape index (κ3) is 4.79. The molecule has 0 bridgehead atoms. The number of likely N-dealkylation sites (N-methyl/N-ethyl adjacent to an activating group) is 1. The quantitative estimate of drug-likeness (QED) is 0.757. The molecule has 156 valence electrons. The molecule has 7 nitrogen and oxygen atoms in total. The van der Waals surface area contributed by atoms with Crippen LogP contribution in [-0.2, 0) is 4.74 Å². The van der Waals surface area contributed by atoms with Crippen molar-refractivity contribution in [3.05, 3.63) is 46.8 Å². The number of anilines is 2. The Kier molecular flexibility index (Phi) is 6.27. The second kappa shape index (κ2) is 8.69. The van der Waals surface area contributed by atoms with Crippen molar-refractivity contribution in [3.8, 4) is 0 Å². The highest BCUT2D eigenvalue weighted by atomic mass is 16.5. The molecular formula is C22H30N4O3. The Hall–Kier alpha value is -2.80. The lowest BCUT2D eigenvalue weighted by molar-refractivity contribution is 0.0376. The van der Waals surface area contributed by atoms with E-state index in [4.69, 9.17) is 4.74 Å². The van der Waals surface area contributed by atoms with Crippen molar-refractivity contribution < 1.29 is 14.3 Å². The van der Waals surface area contributed by atoms with Crippen LogP contribution < -0.4 is 10.2 Å². The van der Waals surface area contributed by atoms with Crippen LogP contribution in [0.5, 0.6) is 0 Å². The monoisotopic (exact) mass is 398 g/mol. The zero-order valence-corrected chi connectivity index (χ0v) is 17.8. The number of amides is 1. The molecule has 0 aliphatic carbocycles. The Labute approximate surface area is 172 Å². The van der Waals surface area contributed by atoms with E-state index in [2.05, 4.69) is 27.1 Å². The predicted molar refractivity (Wildman–Crippen MR) is 115 cm³/mol. The van der Waals surface area contributed by atoms with Gasteiger partial charge in [-0.2, -0.15) is 0 Å². The molecule has 0 unspecified atom stereocenters. The standard InChI is InChI=1S/C22H30N4O3/c1-14(2)29-22(28)19-15(3)20(23-16(19)4)21(27)24-17-6-8-18(9-7-17)26-12-10-25(5)11-13-26/h6-9,14,23H,10-13H2,1-5H3,(H,24,27). The Morgan fingerprint density at radius 3 is 2.28 bits per heavy atom. The molecule has 3 rings (SSSR count). The van der Waals surface area contributed by atoms with Gasteiger partial charge in [0.1, 0.15) is 5.69 Å². The van der Waals surface area contributed by atoms with Crippen LogP contribution in [0.15, 0.2) is 24.3 Å². The summed E-state index contributed by atoms with van der Waals surface area (Å²) in [5.41, 5.74) is 3.89. The minimum absolute atomic E-state index is 0.215. The van der Waals surface area contributed by atoms with Crippen LogP contribution in [0.25, 0.3) is 0 Å². The number of aryl methyl sites for hydroxylation is 1. The summed E-state index contributed by atoms with van der Waals surface area (Å²) in [5, 5.41) is 2.91. The lowest BCUT2D eigenvalue weighted by Crippen LogP contribution is -2.44. The Morgan fingerprint density at radius 2 is 1.69 bits per heavy atom. The van der Waals surface area contributed by atoms with Gasteiger partial charge in [0.15, 0.2) is 0 Å². The summed E-state index contributed by atoms with van der Waals surface area (Å²) in [7, 11) is 2.13. The van der Waals surface area contributed by atoms with Crippen molar-refractivity contribution >= 4 is 23.3 Å². The predicted octanol–water partition coefficient (Wildman–Crippen LogP) is 3.20. The zero-order valence-electron chi connectivity index (χ0n) is 17.8. The van der Waals surface area contributed by atoms with Gasteiger partial charge in [-0.15, -0.1) is 0 Å². The smallest absolute Gasteiger partial charge is 0.340 e. The molecule has 0 saturated carbocycles. The number of nitrogens with one attached hydrogen (secondary N) is 2. The summed E-state index contributed by atoms with van der Waals surface area (Å²) in [6.07, 6.45) is -0.215. The summed E-state index contributed by atoms with van der Waals surface area (Å²) in [4.78, 5) is 32.8. The van der Waals surface area contributed by atoms with E-state index in [1.165, 1.54) is 0 Å². The number of aromatic amines is 1. The topological polar surface area (TPSA) is 77.7 Å². The molecule has 2 N–H and O–H groups in total. The number of hydrogen-bond acceptors (Lipinski definition) is 5. The van der Waals surface area contributed by atoms with Crippen molar-refractivity contribution in [1.82, 2.24) is 9.88 Å². The summed E-state index contributed by atoms with van der Waals surface area (Å²) in [5.74, 6) is -0.691. The average Bonchev–Trinajstić information content (AvgIpc) is 2.97. The van der Waals surface area contributed by atoms with Gasteiger partial charge in [0.05, 0.1) is 11.7 Å². The fourth-order valence-corrected chi connectivity index (χ4v) is 3.57. The van der Waals surface area contributed by atoms with Gasteiger partial charge < -0.3 is 24.8 Å². The lowest BCUT2D eigenvalue weighted by Gasteiger charge is -2.34. The van der Waals surface area contributed by atoms with E-state index < -0.39 is 5.97 Å². The number of H-pyrrole nitrogens is 1. The number of benzene rings is 1. The van der Waals surface area contributed by atoms with Crippen molar-refractivity contribution in [2.75, 3.05) is 43.4 Å². The third-order valence-electron chi connectivity index (χ3n) is 5.21. The summed E-state index contributed by atoms with van der Waals surface area (Å²) >= 11 is 0. The number of nitrogens with zero attached hydrogens (tertiary/aromatic N) is 2. The van der Waals surface area contributed by atoms with Gasteiger partial charge in [0, 0.05) is 43.2 Å². The van der Waals surface area contributed by atoms with E-state index in [9.17, 15) is 9.59 Å². The molecule has 1 aliphatic rings. The van der Waals surface area contributed by atoms with Crippen LogP contribution in [0.2, 0.25) is 0 Å². The SMILES string of the molecule is Cc1[nH]c(C(=O)Nc2ccc(N3CCN(C)CC3)cc2)c(C)c1C(=O)OC(C)C. The van der Waals surface area contributed by atoms with Gasteiger partial charge in [-0.25, -0.2) is 4.79 Å². The van der Waals surface area contributed by atoms with Crippen LogP contribution >= 0.6 is 0 Å². The minimum Gasteiger partial charge on any atom is -0.459 e. The van der Waals surface area contributed by atoms with Crippen molar-refractivity contribution in [2.24, 2.45) is 0 Å². The highest BCUT2D eigenvalue weighted by Crippen LogP contribution is 2.23. The van der Waals surface area contributed by atoms with Crippen LogP contribution in [0.3, 0.4) is 0 Å². The average molecular weight is 399 g/mol. The van der Waals surface area contributed by atoms with Crippen LogP contribution in [0.1, 0.15) is 46.0 Å². The molecule has 1 aromatic heterocycles. The van der Waals surface area contributed by atoms with Crippen molar-refractivity contribution in [3.63, 3.8) is 0 Å². The fourth-order valence-electron chi connectivity index (χ4n) is 3.57. The highest BCUT2D eigenvalue weighted by molar-refractivity contribution is 6.06. The molecule has 0 atom stereocenters. The molecule has 2 heterocycles. The maximum Gasteiger partial charge on any atom is 0.340 e. The fraction of sp³-hybridized carbons (Fsp3) is 0.455. The van der Waals surface area contributed by atoms with E-state index >= 15 is 0 Å². The summed E-state index contributed by atoms with van der Waals surface area (Å²) in [6.45, 7) is 11.2. The number of rotatable bonds is 5. The van der Waals surface area contributed by atoms with E-state index in [0.29, 0.717) is 28.2 Å². The van der Waals surface area contributed by atoms with Crippen LogP contribution in [-0.4, -0.2) is 61.1 Å². The van der Waals surface area contributed by atoms with Crippen LogP contribution in [0, 0.1) is 13.8 Å². The molecular weight excluding hydrogens is 368 g/mol. The maximum absolute atomic E-state index is 12.8. The second-order valence-corrected chi connectivity index (χ2v) is 7.87. The van der Waals surface area contributed by atoms with Gasteiger partial charge in [-0.05, 0) is 64.6 Å². The normalized spacial score (nSPS) is 14.9. The number of carbonyl (C=O) groups is 2. The van der Waals surface area contributed by atoms with Crippen LogP contribution in [0.4, 0.5) is 11.4 Å². The van der Waals surface area contributed by atoms with Gasteiger partial charge in [-0.3, -0.25) is 4.79 Å². The van der Waals surface area contributed by atoms with E-state index in [1.54, 1.807) is 27.7 Å². The van der Waals surface area contributed by atoms with Gasteiger partial charge >= 0.3 is 5.97 Å². The van der Waals surface area contributed by atoms with Gasteiger partial charge in [-0.1, -0.05) is 0 Å². The zero-order chi connectivity index (χ0) is 21.1. The molecule has 7 heteroatoms. The molecule has 0 spiro atoms. The molecule has 1 aliphatic heterocycles. The van der Waals surface area contributed by atoms with E-state index in [0.717, 1.165) is 31.9 Å². The molecule has 1 aromatic carbocycles. The Bertz CT molecular complexity index is 878. The molecule has 2 aromatic rings. The second-order valence-electron chi connectivity index (χ2n) is 7.87. The van der Waals surface area contributed by atoms with Crippen molar-refractivity contribution in [2.45, 2.75) is 33.8 Å². The Balaban J connectivity index is 1.70. The molecule has 1 saturated heterocycles. The van der Waals surface area contributed by atoms with Gasteiger partial charge in [0.2, 0.25) is 0 Å². The first-order valence-corrected chi connectivity index (χ1v) is 10.0. The minimum atomic E-state index is -0.415. The van der Waals surface area contributed by atoms with Gasteiger partial charge in [0.25, 0.3) is 5.91 Å². The van der Waals surface area contributed by atoms with E-state index in [1.807, 2.05) is 24.3 Å². The number of aromatic nitrogens is 1. The molecule has 1 fully saturated rings. The first-order chi connectivity index (χ1) is 13.8. The number of hydrogen-bond donors (Lipinski definition) is 2. The largest absolute Gasteiger partial charge is 0.459 e. The first kappa shape index (κ1) is 20.9. The molecule has 1 amide bonds. The first-order valence-electron chi connectivity index (χ1n) is 10.0. The summed E-state index contributed by atoms with van der Waals surface area (Å²) in [6, 6.07) is 7.87. The third-order valence-corrected chi connectivity index (χ3v) is 5.21. The van der Waals surface area contributed by atoms with E-state index in [-0.39, 0.29) is 12.0 Å². The number of piperazine rings is 1. The number of carbonyl (C=O) groups excluding carboxylic acids is 2. The number of esters is 1. The summed E-state index contributed by atoms with van der Waals surface area (Å²) < 4.78 is 5.29. The lowest BCUT2D eigenvalue weighted by atomic mass is 10.1. The number of ether oxygens (including phenoxy) is 1. The van der Waals surface area contributed by atoms with Crippen molar-refractivity contribution in [1.29, 1.82) is 0 Å². The highest BCUT2D eigenvalue weighted by Gasteiger charge is 2.23. The molecule has 0 radical (unpaired) electrons.